The van der Waals surface area contributed by atoms with Gasteiger partial charge in [0.2, 0.25) is 17.7 Å². The third-order valence-electron chi connectivity index (χ3n) is 10.5. The topological polar surface area (TPSA) is 81.2 Å². The lowest BCUT2D eigenvalue weighted by atomic mass is 9.74. The Kier molecular flexibility index (Phi) is 7.69. The van der Waals surface area contributed by atoms with Crippen molar-refractivity contribution in [3.63, 3.8) is 0 Å². The summed E-state index contributed by atoms with van der Waals surface area (Å²) < 4.78 is -1.60. The first-order valence-electron chi connectivity index (χ1n) is 16.0. The first-order valence-corrected chi connectivity index (χ1v) is 16.9. The number of aliphatic hydroxyl groups is 1. The van der Waals surface area contributed by atoms with Crippen LogP contribution in [0.4, 0.5) is 0 Å². The lowest BCUT2D eigenvalue weighted by Crippen LogP contribution is -2.56. The highest BCUT2D eigenvalue weighted by atomic mass is 32.2. The van der Waals surface area contributed by atoms with Gasteiger partial charge in [0.15, 0.2) is 0 Å². The molecule has 1 unspecified atom stereocenters. The molecular formula is C36H41N3O4S. The van der Waals surface area contributed by atoms with Gasteiger partial charge in [-0.15, -0.1) is 11.8 Å². The summed E-state index contributed by atoms with van der Waals surface area (Å²) in [6.07, 6.45) is 13.6. The van der Waals surface area contributed by atoms with E-state index in [0.29, 0.717) is 19.6 Å². The van der Waals surface area contributed by atoms with Crippen LogP contribution in [-0.4, -0.2) is 78.8 Å². The Hall–Kier alpha value is -3.36. The van der Waals surface area contributed by atoms with Crippen LogP contribution in [0.2, 0.25) is 0 Å². The first kappa shape index (κ1) is 29.4. The fraction of sp³-hybridized carbons (Fsp3) is 0.472. The standard InChI is InChI=1S/C36H41N3O4S/c1-35-19-11-21-37(23-25-13-5-2-6-14-25)32(41)29(35)30-33(42)39(28(24-40)26-15-7-3-8-16-26)31-34(43)38(27-17-9-4-10-18-27)22-12-20-36(30,31)44-35/h2-3,5-8,11-16,19-20,27-31,40H,4,9-10,17-18,21-24H2,1H3/t28-,29-,30+,31?,35+,36+/m1/s1. The van der Waals surface area contributed by atoms with Crippen LogP contribution in [0.3, 0.4) is 0 Å². The number of hydrogen-bond donors (Lipinski definition) is 1. The van der Waals surface area contributed by atoms with E-state index in [9.17, 15) is 19.5 Å². The highest BCUT2D eigenvalue weighted by molar-refractivity contribution is 8.02. The van der Waals surface area contributed by atoms with E-state index in [1.807, 2.05) is 70.5 Å². The summed E-state index contributed by atoms with van der Waals surface area (Å²) in [6, 6.07) is 18.1. The van der Waals surface area contributed by atoms with E-state index in [2.05, 4.69) is 31.2 Å². The summed E-state index contributed by atoms with van der Waals surface area (Å²) in [5.74, 6) is -1.72. The van der Waals surface area contributed by atoms with Gasteiger partial charge in [0.1, 0.15) is 6.04 Å². The minimum atomic E-state index is -0.936. The van der Waals surface area contributed by atoms with Gasteiger partial charge < -0.3 is 19.8 Å². The average Bonchev–Trinajstić information content (AvgIpc) is 3.32. The van der Waals surface area contributed by atoms with Crippen molar-refractivity contribution in [1.82, 2.24) is 14.7 Å². The van der Waals surface area contributed by atoms with Crippen molar-refractivity contribution in [2.45, 2.75) is 73.2 Å². The molecule has 2 aromatic carbocycles. The number of nitrogens with zero attached hydrogens (tertiary/aromatic N) is 3. The maximum atomic E-state index is 15.0. The second-order valence-corrected chi connectivity index (χ2v) is 14.9. The van der Waals surface area contributed by atoms with Crippen LogP contribution in [0.5, 0.6) is 0 Å². The molecule has 7 rings (SSSR count). The first-order chi connectivity index (χ1) is 21.4. The lowest BCUT2D eigenvalue weighted by Gasteiger charge is -2.42. The third kappa shape index (κ3) is 4.64. The number of likely N-dealkylation sites (tertiary alicyclic amines) is 1. The quantitative estimate of drug-likeness (QED) is 0.478. The Morgan fingerprint density at radius 2 is 1.52 bits per heavy atom. The zero-order chi connectivity index (χ0) is 30.5. The van der Waals surface area contributed by atoms with Crippen molar-refractivity contribution < 1.29 is 19.5 Å². The molecule has 3 fully saturated rings. The molecule has 2 saturated heterocycles. The number of aliphatic hydroxyl groups excluding tert-OH is 1. The summed E-state index contributed by atoms with van der Waals surface area (Å²) in [6.45, 7) is 3.17. The van der Waals surface area contributed by atoms with E-state index >= 15 is 0 Å². The molecule has 1 saturated carbocycles. The minimum Gasteiger partial charge on any atom is -0.394 e. The molecule has 2 aromatic rings. The lowest BCUT2D eigenvalue weighted by molar-refractivity contribution is -0.148. The highest BCUT2D eigenvalue weighted by Gasteiger charge is 2.74. The molecule has 6 atom stereocenters. The van der Waals surface area contributed by atoms with Gasteiger partial charge in [0, 0.05) is 30.4 Å². The predicted octanol–water partition coefficient (Wildman–Crippen LogP) is 4.74. The molecule has 4 aliphatic heterocycles. The summed E-state index contributed by atoms with van der Waals surface area (Å²) >= 11 is 1.61. The molecule has 8 heteroatoms. The van der Waals surface area contributed by atoms with Crippen LogP contribution in [0.15, 0.2) is 85.0 Å². The van der Waals surface area contributed by atoms with Crippen molar-refractivity contribution >= 4 is 29.5 Å². The van der Waals surface area contributed by atoms with Crippen molar-refractivity contribution in [3.8, 4) is 0 Å². The van der Waals surface area contributed by atoms with E-state index in [4.69, 9.17) is 0 Å². The van der Waals surface area contributed by atoms with Crippen molar-refractivity contribution in [2.75, 3.05) is 19.7 Å². The normalized spacial score (nSPS) is 32.7. The molecular weight excluding hydrogens is 570 g/mol. The molecule has 230 valence electrons. The van der Waals surface area contributed by atoms with Crippen LogP contribution in [-0.2, 0) is 20.9 Å². The van der Waals surface area contributed by atoms with Gasteiger partial charge in [0.25, 0.3) is 0 Å². The van der Waals surface area contributed by atoms with Crippen LogP contribution >= 0.6 is 11.8 Å². The number of amides is 3. The predicted molar refractivity (Wildman–Crippen MR) is 171 cm³/mol. The third-order valence-corrected chi connectivity index (χ3v) is 12.3. The summed E-state index contributed by atoms with van der Waals surface area (Å²) in [7, 11) is 0. The Balaban J connectivity index is 1.34. The zero-order valence-corrected chi connectivity index (χ0v) is 26.1. The van der Waals surface area contributed by atoms with Crippen molar-refractivity contribution in [1.29, 1.82) is 0 Å². The average molecular weight is 612 g/mol. The van der Waals surface area contributed by atoms with Crippen LogP contribution in [0.1, 0.15) is 56.2 Å². The van der Waals surface area contributed by atoms with E-state index in [1.54, 1.807) is 16.7 Å². The van der Waals surface area contributed by atoms with Gasteiger partial charge in [-0.1, -0.05) is 104 Å². The number of thioether (sulfide) groups is 1. The summed E-state index contributed by atoms with van der Waals surface area (Å²) in [5, 5.41) is 10.8. The summed E-state index contributed by atoms with van der Waals surface area (Å²) in [5.41, 5.74) is 1.82. The monoisotopic (exact) mass is 611 g/mol. The smallest absolute Gasteiger partial charge is 0.247 e. The Morgan fingerprint density at radius 3 is 2.23 bits per heavy atom. The fourth-order valence-electron chi connectivity index (χ4n) is 8.56. The van der Waals surface area contributed by atoms with E-state index in [-0.39, 0.29) is 30.4 Å². The maximum Gasteiger partial charge on any atom is 0.247 e. The van der Waals surface area contributed by atoms with Gasteiger partial charge in [-0.3, -0.25) is 14.4 Å². The number of carbonyl (C=O) groups excluding carboxylic acids is 3. The van der Waals surface area contributed by atoms with E-state index < -0.39 is 33.4 Å². The molecule has 3 amide bonds. The van der Waals surface area contributed by atoms with Gasteiger partial charge >= 0.3 is 0 Å². The SMILES string of the molecule is C[C@]12C=CCN(Cc3ccccc3)C(=O)[C@H]1[C@H]1C(=O)N([C@H](CO)c3ccccc3)C3C(=O)N(C4CCCCC4)CC=C[C@@]31S2. The molecule has 0 bridgehead atoms. The van der Waals surface area contributed by atoms with Crippen molar-refractivity contribution in [2.24, 2.45) is 11.8 Å². The zero-order valence-electron chi connectivity index (χ0n) is 25.3. The number of fused-ring (bicyclic) bond motifs is 2. The Bertz CT molecular complexity index is 1470. The van der Waals surface area contributed by atoms with Crippen LogP contribution in [0.25, 0.3) is 0 Å². The van der Waals surface area contributed by atoms with Crippen LogP contribution in [0, 0.1) is 11.8 Å². The molecule has 44 heavy (non-hydrogen) atoms. The molecule has 7 nitrogen and oxygen atoms in total. The number of carbonyl (C=O) groups is 3. The molecule has 5 aliphatic rings. The molecule has 1 aliphatic carbocycles. The Labute approximate surface area is 264 Å². The molecule has 1 spiro atoms. The fourth-order valence-corrected chi connectivity index (χ4v) is 10.7. The highest BCUT2D eigenvalue weighted by Crippen LogP contribution is 2.66. The van der Waals surface area contributed by atoms with Gasteiger partial charge in [-0.2, -0.15) is 0 Å². The maximum absolute atomic E-state index is 15.0. The Morgan fingerprint density at radius 1 is 0.841 bits per heavy atom. The second-order valence-electron chi connectivity index (χ2n) is 13.1. The van der Waals surface area contributed by atoms with Gasteiger partial charge in [-0.25, -0.2) is 0 Å². The number of hydrogen-bond acceptors (Lipinski definition) is 5. The van der Waals surface area contributed by atoms with Crippen LogP contribution < -0.4 is 0 Å². The second kappa shape index (κ2) is 11.5. The number of rotatable bonds is 6. The molecule has 4 heterocycles. The molecule has 0 aromatic heterocycles. The van der Waals surface area contributed by atoms with Crippen molar-refractivity contribution in [3.05, 3.63) is 96.1 Å². The molecule has 1 N–H and O–H groups in total. The molecule has 0 radical (unpaired) electrons. The number of benzene rings is 2. The minimum absolute atomic E-state index is 0.0563. The van der Waals surface area contributed by atoms with E-state index in [1.165, 1.54) is 6.42 Å². The largest absolute Gasteiger partial charge is 0.394 e. The van der Waals surface area contributed by atoms with E-state index in [0.717, 1.165) is 36.8 Å². The van der Waals surface area contributed by atoms with Gasteiger partial charge in [-0.05, 0) is 30.9 Å². The van der Waals surface area contributed by atoms with Gasteiger partial charge in [0.05, 0.1) is 29.2 Å². The summed E-state index contributed by atoms with van der Waals surface area (Å²) in [4.78, 5) is 50.0.